The molecule has 2 amide bonds. The summed E-state index contributed by atoms with van der Waals surface area (Å²) in [7, 11) is 1.77. The lowest BCUT2D eigenvalue weighted by Gasteiger charge is -2.34. The molecular formula is C45H49F2N7O4. The molecule has 0 spiro atoms. The molecule has 0 N–H and O–H groups in total. The fraction of sp³-hybridized carbons (Fsp3) is 0.422. The molecule has 4 aliphatic rings. The van der Waals surface area contributed by atoms with Crippen molar-refractivity contribution in [1.29, 1.82) is 0 Å². The van der Waals surface area contributed by atoms with Crippen molar-refractivity contribution in [1.82, 2.24) is 29.4 Å². The van der Waals surface area contributed by atoms with Gasteiger partial charge in [0.15, 0.2) is 5.82 Å². The molecular weight excluding hydrogens is 741 g/mol. The Kier molecular flexibility index (Phi) is 9.72. The predicted molar refractivity (Wildman–Crippen MR) is 216 cm³/mol. The van der Waals surface area contributed by atoms with Crippen LogP contribution in [0.25, 0.3) is 22.3 Å². The van der Waals surface area contributed by atoms with Gasteiger partial charge in [0.25, 0.3) is 6.43 Å². The SMILES string of the molecule is Cn1cc(-c2cc3c(cc2C(F)F)N(c2nn(C4CCN(C(=O)OCC5c6ccccc6-c6ccccc65)CC4)c4c2CN(C(=O)OC(C)(C)C)CC4)CCC3)cn1. The zero-order chi connectivity index (χ0) is 40.3. The monoisotopic (exact) mass is 789 g/mol. The van der Waals surface area contributed by atoms with E-state index in [1.165, 1.54) is 22.3 Å². The normalized spacial score (nSPS) is 16.9. The summed E-state index contributed by atoms with van der Waals surface area (Å²) in [6.45, 7) is 8.19. The van der Waals surface area contributed by atoms with E-state index in [0.717, 1.165) is 29.7 Å². The van der Waals surface area contributed by atoms with Crippen LogP contribution in [0.4, 0.5) is 29.9 Å². The number of likely N-dealkylation sites (tertiary alicyclic amines) is 1. The molecule has 13 heteroatoms. The summed E-state index contributed by atoms with van der Waals surface area (Å²) in [5, 5.41) is 9.53. The van der Waals surface area contributed by atoms with Crippen LogP contribution in [0.3, 0.4) is 0 Å². The van der Waals surface area contributed by atoms with Gasteiger partial charge in [0.2, 0.25) is 0 Å². The summed E-state index contributed by atoms with van der Waals surface area (Å²) in [4.78, 5) is 32.5. The molecule has 2 aromatic heterocycles. The van der Waals surface area contributed by atoms with Crippen LogP contribution < -0.4 is 4.90 Å². The fourth-order valence-electron chi connectivity index (χ4n) is 9.27. The number of halogens is 2. The van der Waals surface area contributed by atoms with Gasteiger partial charge in [-0.25, -0.2) is 18.4 Å². The molecule has 11 nitrogen and oxygen atoms in total. The van der Waals surface area contributed by atoms with E-state index in [4.69, 9.17) is 14.6 Å². The topological polar surface area (TPSA) is 98.0 Å². The zero-order valence-corrected chi connectivity index (χ0v) is 33.5. The summed E-state index contributed by atoms with van der Waals surface area (Å²) in [6.07, 6.45) is 3.44. The Morgan fingerprint density at radius 1 is 0.879 bits per heavy atom. The van der Waals surface area contributed by atoms with Crippen molar-refractivity contribution >= 4 is 23.7 Å². The third kappa shape index (κ3) is 6.98. The summed E-state index contributed by atoms with van der Waals surface area (Å²) in [5.74, 6) is 0.666. The summed E-state index contributed by atoms with van der Waals surface area (Å²) in [5.41, 5.74) is 8.76. The van der Waals surface area contributed by atoms with Crippen LogP contribution >= 0.6 is 0 Å². The molecule has 3 aliphatic heterocycles. The van der Waals surface area contributed by atoms with Gasteiger partial charge in [-0.2, -0.15) is 10.2 Å². The highest BCUT2D eigenvalue weighted by Crippen LogP contribution is 2.46. The van der Waals surface area contributed by atoms with E-state index in [2.05, 4.69) is 38.9 Å². The van der Waals surface area contributed by atoms with Crippen LogP contribution in [0.5, 0.6) is 0 Å². The number of aromatic nitrogens is 4. The second-order valence-corrected chi connectivity index (χ2v) is 16.9. The molecule has 0 unspecified atom stereocenters. The number of hydrogen-bond donors (Lipinski definition) is 0. The largest absolute Gasteiger partial charge is 0.448 e. The second-order valence-electron chi connectivity index (χ2n) is 16.9. The zero-order valence-electron chi connectivity index (χ0n) is 33.5. The van der Waals surface area contributed by atoms with Crippen LogP contribution in [-0.4, -0.2) is 79.9 Å². The van der Waals surface area contributed by atoms with Crippen molar-refractivity contribution in [2.24, 2.45) is 7.05 Å². The number of amides is 2. The molecule has 5 aromatic rings. The van der Waals surface area contributed by atoms with Gasteiger partial charge >= 0.3 is 12.2 Å². The number of nitrogens with zero attached hydrogens (tertiary/aromatic N) is 7. The van der Waals surface area contributed by atoms with Crippen molar-refractivity contribution < 1.29 is 27.8 Å². The number of aryl methyl sites for hydroxylation is 2. The number of rotatable bonds is 6. The van der Waals surface area contributed by atoms with Gasteiger partial charge in [-0.05, 0) is 92.0 Å². The molecule has 58 heavy (non-hydrogen) atoms. The molecule has 1 aliphatic carbocycles. The van der Waals surface area contributed by atoms with Crippen LogP contribution in [0, 0.1) is 0 Å². The van der Waals surface area contributed by atoms with Gasteiger partial charge in [-0.15, -0.1) is 0 Å². The number of benzene rings is 3. The lowest BCUT2D eigenvalue weighted by molar-refractivity contribution is 0.0222. The summed E-state index contributed by atoms with van der Waals surface area (Å²) >= 11 is 0. The molecule has 0 radical (unpaired) electrons. The van der Waals surface area contributed by atoms with E-state index in [1.54, 1.807) is 40.0 Å². The number of fused-ring (bicyclic) bond motifs is 5. The quantitative estimate of drug-likeness (QED) is 0.169. The van der Waals surface area contributed by atoms with Gasteiger partial charge < -0.3 is 24.2 Å². The van der Waals surface area contributed by atoms with Crippen LogP contribution in [-0.2, 0) is 35.9 Å². The molecule has 0 saturated carbocycles. The number of piperidine rings is 1. The third-order valence-corrected chi connectivity index (χ3v) is 12.0. The Morgan fingerprint density at radius 3 is 2.24 bits per heavy atom. The Bertz CT molecular complexity index is 2330. The summed E-state index contributed by atoms with van der Waals surface area (Å²) < 4.78 is 45.1. The smallest absolute Gasteiger partial charge is 0.410 e. The molecule has 302 valence electrons. The van der Waals surface area contributed by atoms with E-state index in [-0.39, 0.29) is 30.2 Å². The average molecular weight is 790 g/mol. The van der Waals surface area contributed by atoms with Gasteiger partial charge in [0, 0.05) is 79.8 Å². The first-order valence-electron chi connectivity index (χ1n) is 20.3. The van der Waals surface area contributed by atoms with Gasteiger partial charge in [-0.3, -0.25) is 9.36 Å². The highest BCUT2D eigenvalue weighted by Gasteiger charge is 2.37. The highest BCUT2D eigenvalue weighted by atomic mass is 19.3. The third-order valence-electron chi connectivity index (χ3n) is 12.0. The molecule has 3 aromatic carbocycles. The average Bonchev–Trinajstić information content (AvgIpc) is 3.92. The Balaban J connectivity index is 0.976. The van der Waals surface area contributed by atoms with Crippen LogP contribution in [0.1, 0.15) is 91.9 Å². The summed E-state index contributed by atoms with van der Waals surface area (Å²) in [6, 6.07) is 20.1. The first-order valence-corrected chi connectivity index (χ1v) is 20.3. The lowest BCUT2D eigenvalue weighted by atomic mass is 9.92. The van der Waals surface area contributed by atoms with Crippen LogP contribution in [0.2, 0.25) is 0 Å². The van der Waals surface area contributed by atoms with Crippen molar-refractivity contribution in [2.75, 3.05) is 37.7 Å². The number of carbonyl (C=O) groups excluding carboxylic acids is 2. The molecule has 0 bridgehead atoms. The number of alkyl halides is 2. The fourth-order valence-corrected chi connectivity index (χ4v) is 9.27. The molecule has 1 saturated heterocycles. The van der Waals surface area contributed by atoms with Gasteiger partial charge in [-0.1, -0.05) is 48.5 Å². The predicted octanol–water partition coefficient (Wildman–Crippen LogP) is 9.18. The standard InChI is InChI=1S/C45H49F2N7O4/c1-45(2,3)58-44(56)52-21-17-39-37(26-52)42(53-18-9-10-28-22-35(29-24-48-50(4)25-29)36(41(46)47)23-40(28)53)49-54(39)30-15-19-51(20-16-30)43(55)57-27-38-33-13-7-5-11-31(33)32-12-6-8-14-34(32)38/h5-8,11-14,22-25,30,38,41H,9-10,15-21,26-27H2,1-4H3. The first kappa shape index (κ1) is 37.8. The van der Waals surface area contributed by atoms with E-state index < -0.39 is 18.1 Å². The van der Waals surface area contributed by atoms with Crippen molar-refractivity contribution in [3.8, 4) is 22.3 Å². The highest BCUT2D eigenvalue weighted by molar-refractivity contribution is 5.80. The molecule has 0 atom stereocenters. The Hall–Kier alpha value is -5.72. The van der Waals surface area contributed by atoms with E-state index in [0.29, 0.717) is 74.6 Å². The van der Waals surface area contributed by atoms with Crippen molar-refractivity contribution in [3.63, 3.8) is 0 Å². The van der Waals surface area contributed by atoms with Crippen molar-refractivity contribution in [2.45, 2.75) is 83.4 Å². The second kappa shape index (κ2) is 14.9. The number of anilines is 2. The maximum Gasteiger partial charge on any atom is 0.410 e. The molecule has 9 rings (SSSR count). The Labute approximate surface area is 337 Å². The van der Waals surface area contributed by atoms with E-state index in [1.807, 2.05) is 51.1 Å². The minimum atomic E-state index is -2.69. The Morgan fingerprint density at radius 2 is 1.59 bits per heavy atom. The maximum atomic E-state index is 14.8. The van der Waals surface area contributed by atoms with E-state index >= 15 is 0 Å². The number of carbonyl (C=O) groups is 2. The van der Waals surface area contributed by atoms with Gasteiger partial charge in [0.05, 0.1) is 18.8 Å². The molecule has 5 heterocycles. The minimum absolute atomic E-state index is 0.00190. The lowest BCUT2D eigenvalue weighted by Crippen LogP contribution is -2.42. The number of ether oxygens (including phenoxy) is 2. The first-order chi connectivity index (χ1) is 27.9. The van der Waals surface area contributed by atoms with E-state index in [9.17, 15) is 18.4 Å². The van der Waals surface area contributed by atoms with Gasteiger partial charge in [0.1, 0.15) is 12.2 Å². The van der Waals surface area contributed by atoms with Crippen LogP contribution in [0.15, 0.2) is 73.1 Å². The number of hydrogen-bond acceptors (Lipinski definition) is 7. The van der Waals surface area contributed by atoms with Crippen molar-refractivity contribution in [3.05, 3.63) is 107 Å². The minimum Gasteiger partial charge on any atom is -0.448 e. The molecule has 1 fully saturated rings. The maximum absolute atomic E-state index is 14.8.